The molecule has 0 saturated carbocycles. The molecule has 2 aromatic heterocycles. The first-order valence-electron chi connectivity index (χ1n) is 9.31. The van der Waals surface area contributed by atoms with Crippen molar-refractivity contribution in [1.29, 1.82) is 0 Å². The van der Waals surface area contributed by atoms with Crippen molar-refractivity contribution in [1.82, 2.24) is 19.6 Å². The molecule has 0 fully saturated rings. The third-order valence-corrected chi connectivity index (χ3v) is 4.51. The molecule has 9 nitrogen and oxygen atoms in total. The summed E-state index contributed by atoms with van der Waals surface area (Å²) in [7, 11) is 0. The van der Waals surface area contributed by atoms with Gasteiger partial charge in [-0.3, -0.25) is 24.3 Å². The number of anilines is 1. The highest BCUT2D eigenvalue weighted by Crippen LogP contribution is 2.13. The molecule has 0 unspecified atom stereocenters. The van der Waals surface area contributed by atoms with E-state index in [2.05, 4.69) is 15.5 Å². The maximum Gasteiger partial charge on any atom is 0.307 e. The second-order valence-electron chi connectivity index (χ2n) is 6.83. The van der Waals surface area contributed by atoms with Gasteiger partial charge in [0.25, 0.3) is 5.91 Å². The highest BCUT2D eigenvalue weighted by molar-refractivity contribution is 6.03. The van der Waals surface area contributed by atoms with Crippen LogP contribution in [0.4, 0.5) is 15.9 Å². The third kappa shape index (κ3) is 4.99. The van der Waals surface area contributed by atoms with Crippen LogP contribution in [0.15, 0.2) is 73.2 Å². The Morgan fingerprint density at radius 3 is 2.55 bits per heavy atom. The summed E-state index contributed by atoms with van der Waals surface area (Å²) >= 11 is 0. The van der Waals surface area contributed by atoms with Crippen LogP contribution in [0.5, 0.6) is 0 Å². The minimum atomic E-state index is -0.504. The fraction of sp³-hybridized carbons (Fsp3) is 0.0952. The van der Waals surface area contributed by atoms with Gasteiger partial charge in [-0.05, 0) is 35.4 Å². The van der Waals surface area contributed by atoms with Crippen LogP contribution in [0.1, 0.15) is 21.5 Å². The molecule has 10 heteroatoms. The van der Waals surface area contributed by atoms with E-state index in [9.17, 15) is 19.3 Å². The van der Waals surface area contributed by atoms with Crippen molar-refractivity contribution in [2.75, 3.05) is 5.32 Å². The van der Waals surface area contributed by atoms with Crippen molar-refractivity contribution in [2.45, 2.75) is 13.1 Å². The zero-order chi connectivity index (χ0) is 21.8. The van der Waals surface area contributed by atoms with Crippen molar-refractivity contribution in [2.24, 2.45) is 0 Å². The van der Waals surface area contributed by atoms with Crippen LogP contribution in [0.25, 0.3) is 0 Å². The molecule has 2 heterocycles. The summed E-state index contributed by atoms with van der Waals surface area (Å²) in [6.07, 6.45) is 4.24. The number of amides is 1. The molecule has 0 saturated heterocycles. The molecule has 0 bridgehead atoms. The molecule has 0 aliphatic heterocycles. The Hall–Kier alpha value is -4.34. The summed E-state index contributed by atoms with van der Waals surface area (Å²) in [4.78, 5) is 22.7. The maximum absolute atomic E-state index is 13.3. The molecule has 2 aromatic carbocycles. The van der Waals surface area contributed by atoms with Crippen molar-refractivity contribution in [3.05, 3.63) is 106 Å². The largest absolute Gasteiger partial charge is 0.307 e. The van der Waals surface area contributed by atoms with E-state index in [1.165, 1.54) is 29.2 Å². The Morgan fingerprint density at radius 1 is 1.06 bits per heavy atom. The van der Waals surface area contributed by atoms with Crippen molar-refractivity contribution >= 4 is 17.4 Å². The van der Waals surface area contributed by atoms with Gasteiger partial charge in [0.1, 0.15) is 18.2 Å². The van der Waals surface area contributed by atoms with Crippen molar-refractivity contribution in [3.8, 4) is 0 Å². The minimum Gasteiger partial charge on any atom is -0.305 e. The fourth-order valence-electron chi connectivity index (χ4n) is 3.01. The van der Waals surface area contributed by atoms with Crippen LogP contribution in [-0.2, 0) is 13.1 Å². The van der Waals surface area contributed by atoms with Gasteiger partial charge in [0.2, 0.25) is 0 Å². The molecular weight excluding hydrogens is 403 g/mol. The summed E-state index contributed by atoms with van der Waals surface area (Å²) in [6, 6.07) is 14.7. The Labute approximate surface area is 175 Å². The van der Waals surface area contributed by atoms with Gasteiger partial charge in [0.05, 0.1) is 18.0 Å². The lowest BCUT2D eigenvalue weighted by atomic mass is 10.1. The van der Waals surface area contributed by atoms with E-state index in [0.29, 0.717) is 24.5 Å². The van der Waals surface area contributed by atoms with Crippen LogP contribution >= 0.6 is 0 Å². The van der Waals surface area contributed by atoms with Gasteiger partial charge in [-0.15, -0.1) is 0 Å². The van der Waals surface area contributed by atoms with Crippen LogP contribution in [0.3, 0.4) is 0 Å². The van der Waals surface area contributed by atoms with Crippen LogP contribution in [-0.4, -0.2) is 30.4 Å². The van der Waals surface area contributed by atoms with E-state index in [0.717, 1.165) is 11.1 Å². The molecule has 0 aliphatic rings. The highest BCUT2D eigenvalue weighted by Gasteiger charge is 2.11. The van der Waals surface area contributed by atoms with Gasteiger partial charge >= 0.3 is 5.69 Å². The zero-order valence-corrected chi connectivity index (χ0v) is 16.2. The molecule has 0 radical (unpaired) electrons. The molecule has 4 aromatic rings. The molecule has 0 spiro atoms. The van der Waals surface area contributed by atoms with E-state index in [1.54, 1.807) is 53.3 Å². The Morgan fingerprint density at radius 2 is 1.84 bits per heavy atom. The Bertz CT molecular complexity index is 1230. The molecule has 0 aliphatic carbocycles. The van der Waals surface area contributed by atoms with Gasteiger partial charge in [0.15, 0.2) is 5.82 Å². The number of carbonyl (C=O) groups excluding carboxylic acids is 1. The molecule has 1 amide bonds. The van der Waals surface area contributed by atoms with Gasteiger partial charge in [-0.2, -0.15) is 10.2 Å². The second kappa shape index (κ2) is 8.57. The van der Waals surface area contributed by atoms with Crippen LogP contribution < -0.4 is 5.32 Å². The standard InChI is InChI=1S/C21H17FN6O3/c22-18-3-1-2-16(10-18)13-26-9-8-20(25-26)24-21(29)17-6-4-15(5-7-17)12-27-14-19(11-23-27)28(30)31/h1-11,14H,12-13H2,(H,24,25,29). The summed E-state index contributed by atoms with van der Waals surface area (Å²) in [5.74, 6) is -0.251. The number of nitro groups is 1. The van der Waals surface area contributed by atoms with Crippen molar-refractivity contribution in [3.63, 3.8) is 0 Å². The number of aromatic nitrogens is 4. The predicted octanol–water partition coefficient (Wildman–Crippen LogP) is 3.48. The number of nitrogens with one attached hydrogen (secondary N) is 1. The maximum atomic E-state index is 13.3. The topological polar surface area (TPSA) is 108 Å². The first-order valence-corrected chi connectivity index (χ1v) is 9.31. The molecule has 1 N–H and O–H groups in total. The molecule has 156 valence electrons. The number of carbonyl (C=O) groups is 1. The van der Waals surface area contributed by atoms with Crippen LogP contribution in [0, 0.1) is 15.9 Å². The fourth-order valence-corrected chi connectivity index (χ4v) is 3.01. The quantitative estimate of drug-likeness (QED) is 0.364. The minimum absolute atomic E-state index is 0.0761. The average Bonchev–Trinajstić information content (AvgIpc) is 3.38. The first-order chi connectivity index (χ1) is 15.0. The van der Waals surface area contributed by atoms with Gasteiger partial charge in [-0.1, -0.05) is 24.3 Å². The van der Waals surface area contributed by atoms with E-state index >= 15 is 0 Å². The summed E-state index contributed by atoms with van der Waals surface area (Å²) in [5, 5.41) is 21.7. The van der Waals surface area contributed by atoms with Gasteiger partial charge < -0.3 is 5.32 Å². The lowest BCUT2D eigenvalue weighted by Crippen LogP contribution is -2.13. The average molecular weight is 420 g/mol. The summed E-state index contributed by atoms with van der Waals surface area (Å²) < 4.78 is 16.4. The van der Waals surface area contributed by atoms with Gasteiger partial charge in [0, 0.05) is 17.8 Å². The van der Waals surface area contributed by atoms with E-state index in [4.69, 9.17) is 0 Å². The van der Waals surface area contributed by atoms with E-state index in [-0.39, 0.29) is 17.4 Å². The number of hydrogen-bond donors (Lipinski definition) is 1. The van der Waals surface area contributed by atoms with Crippen molar-refractivity contribution < 1.29 is 14.1 Å². The normalized spacial score (nSPS) is 10.7. The van der Waals surface area contributed by atoms with E-state index < -0.39 is 4.92 Å². The highest BCUT2D eigenvalue weighted by atomic mass is 19.1. The lowest BCUT2D eigenvalue weighted by Gasteiger charge is -2.05. The SMILES string of the molecule is O=C(Nc1ccn(Cc2cccc(F)c2)n1)c1ccc(Cn2cc([N+](=O)[O-])cn2)cc1. The second-order valence-corrected chi connectivity index (χ2v) is 6.83. The number of rotatable bonds is 7. The monoisotopic (exact) mass is 420 g/mol. The first kappa shape index (κ1) is 20.0. The Balaban J connectivity index is 1.36. The number of benzene rings is 2. The Kier molecular flexibility index (Phi) is 5.52. The molecule has 0 atom stereocenters. The number of nitrogens with zero attached hydrogens (tertiary/aromatic N) is 5. The molecular formula is C21H17FN6O3. The van der Waals surface area contributed by atoms with Gasteiger partial charge in [-0.25, -0.2) is 4.39 Å². The molecule has 31 heavy (non-hydrogen) atoms. The third-order valence-electron chi connectivity index (χ3n) is 4.51. The summed E-state index contributed by atoms with van der Waals surface area (Å²) in [6.45, 7) is 0.730. The molecule has 4 rings (SSSR count). The smallest absolute Gasteiger partial charge is 0.305 e. The van der Waals surface area contributed by atoms with Crippen LogP contribution in [0.2, 0.25) is 0 Å². The summed E-state index contributed by atoms with van der Waals surface area (Å²) in [5.41, 5.74) is 1.97. The zero-order valence-electron chi connectivity index (χ0n) is 16.2. The van der Waals surface area contributed by atoms with E-state index in [1.807, 2.05) is 0 Å². The lowest BCUT2D eigenvalue weighted by molar-refractivity contribution is -0.385. The number of hydrogen-bond acceptors (Lipinski definition) is 5. The predicted molar refractivity (Wildman–Crippen MR) is 110 cm³/mol. The number of halogens is 1.